The van der Waals surface area contributed by atoms with E-state index in [1.54, 1.807) is 24.3 Å². The molecule has 1 aromatic carbocycles. The first-order chi connectivity index (χ1) is 9.12. The molecule has 2 unspecified atom stereocenters. The van der Waals surface area contributed by atoms with E-state index < -0.39 is 0 Å². The number of thioether (sulfide) groups is 1. The van der Waals surface area contributed by atoms with Crippen molar-refractivity contribution in [3.63, 3.8) is 0 Å². The van der Waals surface area contributed by atoms with Gasteiger partial charge in [0, 0.05) is 16.9 Å². The Balaban J connectivity index is 2.62. The van der Waals surface area contributed by atoms with Gasteiger partial charge >= 0.3 is 0 Å². The van der Waals surface area contributed by atoms with E-state index in [0.29, 0.717) is 12.2 Å². The topological polar surface area (TPSA) is 58.6 Å². The van der Waals surface area contributed by atoms with Crippen molar-refractivity contribution < 1.29 is 14.6 Å². The van der Waals surface area contributed by atoms with Crippen molar-refractivity contribution in [1.29, 1.82) is 0 Å². The summed E-state index contributed by atoms with van der Waals surface area (Å²) >= 11 is 1.54. The normalized spacial score (nSPS) is 13.7. The van der Waals surface area contributed by atoms with Crippen LogP contribution in [0.2, 0.25) is 0 Å². The van der Waals surface area contributed by atoms with Crippen LogP contribution in [0.15, 0.2) is 24.3 Å². The fourth-order valence-electron chi connectivity index (χ4n) is 1.69. The lowest BCUT2D eigenvalue weighted by atomic mass is 10.1. The van der Waals surface area contributed by atoms with E-state index >= 15 is 0 Å². The van der Waals surface area contributed by atoms with Crippen molar-refractivity contribution in [2.45, 2.75) is 25.1 Å². The van der Waals surface area contributed by atoms with Crippen LogP contribution in [0.1, 0.15) is 24.2 Å². The Morgan fingerprint density at radius 3 is 2.53 bits per heavy atom. The SMILES string of the molecule is CCOc1ccc(C(=O)NC(C)C(CO)SC)cc1. The average molecular weight is 283 g/mol. The fraction of sp³-hybridized carbons (Fsp3) is 0.500. The van der Waals surface area contributed by atoms with Gasteiger partial charge in [-0.05, 0) is 44.4 Å². The van der Waals surface area contributed by atoms with Crippen LogP contribution in [0, 0.1) is 0 Å². The molecule has 0 radical (unpaired) electrons. The van der Waals surface area contributed by atoms with Gasteiger partial charge in [0.25, 0.3) is 5.91 Å². The monoisotopic (exact) mass is 283 g/mol. The average Bonchev–Trinajstić information content (AvgIpc) is 2.41. The fourth-order valence-corrected chi connectivity index (χ4v) is 2.31. The van der Waals surface area contributed by atoms with Gasteiger partial charge in [0.15, 0.2) is 0 Å². The Hall–Kier alpha value is -1.20. The Morgan fingerprint density at radius 2 is 2.05 bits per heavy atom. The highest BCUT2D eigenvalue weighted by Crippen LogP contribution is 2.14. The molecule has 106 valence electrons. The molecule has 0 saturated heterocycles. The zero-order valence-electron chi connectivity index (χ0n) is 11.6. The van der Waals surface area contributed by atoms with Gasteiger partial charge in [-0.1, -0.05) is 0 Å². The van der Waals surface area contributed by atoms with Gasteiger partial charge in [-0.15, -0.1) is 0 Å². The Labute approximate surface area is 118 Å². The highest BCUT2D eigenvalue weighted by Gasteiger charge is 2.18. The molecule has 0 aliphatic carbocycles. The van der Waals surface area contributed by atoms with Gasteiger partial charge in [0.05, 0.1) is 13.2 Å². The van der Waals surface area contributed by atoms with Crippen LogP contribution < -0.4 is 10.1 Å². The van der Waals surface area contributed by atoms with Gasteiger partial charge in [0.2, 0.25) is 0 Å². The summed E-state index contributed by atoms with van der Waals surface area (Å²) in [5.74, 6) is 0.618. The van der Waals surface area contributed by atoms with Gasteiger partial charge in [-0.25, -0.2) is 0 Å². The molecule has 0 saturated carbocycles. The molecule has 0 bridgehead atoms. The molecule has 1 aromatic rings. The molecular formula is C14H21NO3S. The van der Waals surface area contributed by atoms with E-state index in [-0.39, 0.29) is 23.8 Å². The second kappa shape index (κ2) is 8.07. The summed E-state index contributed by atoms with van der Waals surface area (Å²) in [6, 6.07) is 6.95. The lowest BCUT2D eigenvalue weighted by molar-refractivity contribution is 0.0936. The molecule has 1 rings (SSSR count). The van der Waals surface area contributed by atoms with Crippen molar-refractivity contribution in [3.8, 4) is 5.75 Å². The van der Waals surface area contributed by atoms with Crippen molar-refractivity contribution in [2.24, 2.45) is 0 Å². The molecule has 0 aliphatic rings. The third kappa shape index (κ3) is 4.76. The van der Waals surface area contributed by atoms with Crippen molar-refractivity contribution >= 4 is 17.7 Å². The van der Waals surface area contributed by atoms with E-state index in [1.807, 2.05) is 20.1 Å². The lowest BCUT2D eigenvalue weighted by Gasteiger charge is -2.21. The van der Waals surface area contributed by atoms with Gasteiger partial charge in [0.1, 0.15) is 5.75 Å². The predicted octanol–water partition coefficient (Wildman–Crippen LogP) is 1.93. The molecule has 1 amide bonds. The highest BCUT2D eigenvalue weighted by molar-refractivity contribution is 7.99. The third-order valence-electron chi connectivity index (χ3n) is 2.83. The van der Waals surface area contributed by atoms with Crippen LogP contribution in [0.3, 0.4) is 0 Å². The number of carbonyl (C=O) groups excluding carboxylic acids is 1. The molecule has 0 spiro atoms. The summed E-state index contributed by atoms with van der Waals surface area (Å²) < 4.78 is 5.33. The van der Waals surface area contributed by atoms with Crippen LogP contribution in [0.5, 0.6) is 5.75 Å². The number of nitrogens with one attached hydrogen (secondary N) is 1. The van der Waals surface area contributed by atoms with Crippen LogP contribution in [-0.2, 0) is 0 Å². The minimum Gasteiger partial charge on any atom is -0.494 e. The van der Waals surface area contributed by atoms with Crippen molar-refractivity contribution in [3.05, 3.63) is 29.8 Å². The first-order valence-electron chi connectivity index (χ1n) is 6.29. The summed E-state index contributed by atoms with van der Waals surface area (Å²) in [5, 5.41) is 12.1. The Kier molecular flexibility index (Phi) is 6.73. The Morgan fingerprint density at radius 1 is 1.42 bits per heavy atom. The van der Waals surface area contributed by atoms with Crippen LogP contribution >= 0.6 is 11.8 Å². The smallest absolute Gasteiger partial charge is 0.251 e. The second-order valence-electron chi connectivity index (χ2n) is 4.18. The standard InChI is InChI=1S/C14H21NO3S/c1-4-18-12-7-5-11(6-8-12)14(17)15-10(2)13(9-16)19-3/h5-8,10,13,16H,4,9H2,1-3H3,(H,15,17). The third-order valence-corrected chi connectivity index (χ3v) is 3.99. The van der Waals surface area contributed by atoms with E-state index in [2.05, 4.69) is 5.32 Å². The molecule has 2 N–H and O–H groups in total. The van der Waals surface area contributed by atoms with Crippen LogP contribution in [-0.4, -0.2) is 41.8 Å². The van der Waals surface area contributed by atoms with Crippen LogP contribution in [0.4, 0.5) is 0 Å². The number of aliphatic hydroxyl groups excluding tert-OH is 1. The molecule has 19 heavy (non-hydrogen) atoms. The molecular weight excluding hydrogens is 262 g/mol. The van der Waals surface area contributed by atoms with Crippen LogP contribution in [0.25, 0.3) is 0 Å². The maximum atomic E-state index is 12.0. The van der Waals surface area contributed by atoms with Crippen molar-refractivity contribution in [1.82, 2.24) is 5.32 Å². The molecule has 0 fully saturated rings. The van der Waals surface area contributed by atoms with Crippen molar-refractivity contribution in [2.75, 3.05) is 19.5 Å². The van der Waals surface area contributed by atoms with E-state index in [0.717, 1.165) is 5.75 Å². The molecule has 2 atom stereocenters. The van der Waals surface area contributed by atoms with E-state index in [1.165, 1.54) is 11.8 Å². The van der Waals surface area contributed by atoms with E-state index in [9.17, 15) is 9.90 Å². The number of hydrogen-bond donors (Lipinski definition) is 2. The highest BCUT2D eigenvalue weighted by atomic mass is 32.2. The molecule has 5 heteroatoms. The second-order valence-corrected chi connectivity index (χ2v) is 5.25. The number of amides is 1. The summed E-state index contributed by atoms with van der Waals surface area (Å²) in [5.41, 5.74) is 0.591. The number of hydrogen-bond acceptors (Lipinski definition) is 4. The zero-order chi connectivity index (χ0) is 14.3. The minimum atomic E-state index is -0.136. The van der Waals surface area contributed by atoms with Gasteiger partial charge in [-0.2, -0.15) is 11.8 Å². The predicted molar refractivity (Wildman–Crippen MR) is 78.9 cm³/mol. The first kappa shape index (κ1) is 15.9. The van der Waals surface area contributed by atoms with Gasteiger partial charge in [-0.3, -0.25) is 4.79 Å². The number of ether oxygens (including phenoxy) is 1. The number of benzene rings is 1. The minimum absolute atomic E-state index is 0.00616. The number of rotatable bonds is 7. The van der Waals surface area contributed by atoms with Gasteiger partial charge < -0.3 is 15.2 Å². The largest absolute Gasteiger partial charge is 0.494 e. The quantitative estimate of drug-likeness (QED) is 0.803. The maximum Gasteiger partial charge on any atom is 0.251 e. The number of aliphatic hydroxyl groups is 1. The zero-order valence-corrected chi connectivity index (χ0v) is 12.4. The summed E-state index contributed by atoms with van der Waals surface area (Å²) in [6.45, 7) is 4.46. The first-order valence-corrected chi connectivity index (χ1v) is 7.58. The molecule has 4 nitrogen and oxygen atoms in total. The molecule has 0 aromatic heterocycles. The summed E-state index contributed by atoms with van der Waals surface area (Å²) in [6.07, 6.45) is 1.92. The lowest BCUT2D eigenvalue weighted by Crippen LogP contribution is -2.41. The Bertz CT molecular complexity index is 390. The maximum absolute atomic E-state index is 12.0. The van der Waals surface area contributed by atoms with E-state index in [4.69, 9.17) is 4.74 Å². The molecule has 0 heterocycles. The molecule has 0 aliphatic heterocycles. The summed E-state index contributed by atoms with van der Waals surface area (Å²) in [4.78, 5) is 12.0. The summed E-state index contributed by atoms with van der Waals surface area (Å²) in [7, 11) is 0. The number of carbonyl (C=O) groups is 1.